The molecule has 0 aromatic heterocycles. The number of hydrogen-bond acceptors (Lipinski definition) is 20. The lowest BCUT2D eigenvalue weighted by Crippen LogP contribution is -2.65. The number of nitriles is 2. The van der Waals surface area contributed by atoms with E-state index in [0.29, 0.717) is 81.4 Å². The van der Waals surface area contributed by atoms with E-state index in [1.807, 2.05) is 94.4 Å². The molecule has 0 spiro atoms. The van der Waals surface area contributed by atoms with E-state index in [4.69, 9.17) is 38.3 Å². The minimum absolute atomic E-state index is 0.00214. The summed E-state index contributed by atoms with van der Waals surface area (Å²) in [7, 11) is -3.49. The molecule has 6 N–H and O–H groups in total. The molecule has 7 saturated heterocycles. The van der Waals surface area contributed by atoms with Crippen molar-refractivity contribution in [3.05, 3.63) is 95.1 Å². The number of carbonyl (C=O) groups is 4. The van der Waals surface area contributed by atoms with Gasteiger partial charge in [0.25, 0.3) is 11.8 Å². The van der Waals surface area contributed by atoms with Gasteiger partial charge < -0.3 is 68.8 Å². The lowest BCUT2D eigenvalue weighted by atomic mass is 9.43. The summed E-state index contributed by atoms with van der Waals surface area (Å²) in [6.45, 7) is 30.6. The number of rotatable bonds is 20. The van der Waals surface area contributed by atoms with Crippen molar-refractivity contribution in [2.75, 3.05) is 105 Å². The number of benzene rings is 2. The number of hydrogen-bond donors (Lipinski definition) is 6. The molecule has 24 nitrogen and oxygen atoms in total. The Balaban J connectivity index is 0.000000211. The Hall–Kier alpha value is -5.91. The Kier molecular flexibility index (Phi) is 26.0. The van der Waals surface area contributed by atoms with Gasteiger partial charge in [-0.1, -0.05) is 88.4 Å². The third kappa shape index (κ3) is 19.6. The maximum absolute atomic E-state index is 13.7. The molecular formula is C70H105B3N10O14. The van der Waals surface area contributed by atoms with Crippen molar-refractivity contribution in [1.29, 1.82) is 10.5 Å². The van der Waals surface area contributed by atoms with E-state index in [0.717, 1.165) is 103 Å². The van der Waals surface area contributed by atoms with Crippen LogP contribution < -0.4 is 10.6 Å². The van der Waals surface area contributed by atoms with Crippen LogP contribution in [0.2, 0.25) is 6.32 Å². The zero-order chi connectivity index (χ0) is 69.8. The van der Waals surface area contributed by atoms with Gasteiger partial charge in [-0.15, -0.1) is 0 Å². The quantitative estimate of drug-likeness (QED) is 0.0604. The zero-order valence-electron chi connectivity index (χ0n) is 58.6. The van der Waals surface area contributed by atoms with Gasteiger partial charge in [0.2, 0.25) is 0 Å². The van der Waals surface area contributed by atoms with E-state index in [9.17, 15) is 39.7 Å². The lowest BCUT2D eigenvalue weighted by Gasteiger charge is -2.64. The number of carbonyl (C=O) groups excluding carboxylic acids is 4. The SMILES string of the molecule is CC(C)(C=C(C#N)C(=O)N1CCC[C@H](OC(=O)N[C@@H](Cc2ccccc2)B(O)O)C1)N1CCN(C2COC2)CC1.CC(C)CB(O)O.CC1(C)[C@@H]2C[C@H]3OB([C@H](Cc4ccccc4)NC(=O)O[C@H]4CCCN(C(=O)C(C#N)=CC(C)(C)N5CCN(C6COC6)CC5)C4)O[C@@]3(C)[C@H]1C2. The Morgan fingerprint density at radius 3 is 1.52 bits per heavy atom. The molecule has 0 radical (unpaired) electrons. The Morgan fingerprint density at radius 2 is 1.12 bits per heavy atom. The number of piperazine rings is 2. The molecule has 2 aromatic rings. The average molecular weight is 1340 g/mol. The van der Waals surface area contributed by atoms with E-state index < -0.39 is 74.3 Å². The highest BCUT2D eigenvalue weighted by Crippen LogP contribution is 2.66. The first-order valence-electron chi connectivity index (χ1n) is 35.2. The van der Waals surface area contributed by atoms with E-state index in [1.54, 1.807) is 15.9 Å². The van der Waals surface area contributed by atoms with Crippen LogP contribution in [0.4, 0.5) is 9.59 Å². The van der Waals surface area contributed by atoms with Gasteiger partial charge in [0.15, 0.2) is 0 Å². The van der Waals surface area contributed by atoms with E-state index >= 15 is 0 Å². The molecule has 27 heteroatoms. The highest BCUT2D eigenvalue weighted by molar-refractivity contribution is 6.48. The van der Waals surface area contributed by atoms with Crippen molar-refractivity contribution in [1.82, 2.24) is 40.0 Å². The average Bonchev–Trinajstić information content (AvgIpc) is 1.64. The molecule has 3 saturated carbocycles. The summed E-state index contributed by atoms with van der Waals surface area (Å²) < 4.78 is 35.6. The maximum Gasteiger partial charge on any atom is 0.482 e. The van der Waals surface area contributed by atoms with E-state index in [1.165, 1.54) is 0 Å². The minimum Gasteiger partial charge on any atom is -0.444 e. The van der Waals surface area contributed by atoms with Crippen LogP contribution in [-0.2, 0) is 50.7 Å². The summed E-state index contributed by atoms with van der Waals surface area (Å²) in [5, 5.41) is 61.7. The van der Waals surface area contributed by atoms with Gasteiger partial charge in [-0.2, -0.15) is 10.5 Å². The smallest absolute Gasteiger partial charge is 0.444 e. The molecule has 12 rings (SSSR count). The van der Waals surface area contributed by atoms with E-state index in [-0.39, 0.29) is 54.0 Å². The fraction of sp³-hybridized carbons (Fsp3) is 0.686. The topological polar surface area (TPSA) is 296 Å². The minimum atomic E-state index is -1.76. The summed E-state index contributed by atoms with van der Waals surface area (Å²) >= 11 is 0. The Labute approximate surface area is 575 Å². The van der Waals surface area contributed by atoms with Crippen LogP contribution in [0, 0.1) is 45.8 Å². The number of likely N-dealkylation sites (tertiary alicyclic amines) is 2. The van der Waals surface area contributed by atoms with Gasteiger partial charge in [0.1, 0.15) is 35.5 Å². The zero-order valence-corrected chi connectivity index (χ0v) is 58.6. The normalized spacial score (nSPS) is 26.5. The molecule has 97 heavy (non-hydrogen) atoms. The fourth-order valence-electron chi connectivity index (χ4n) is 15.5. The van der Waals surface area contributed by atoms with Crippen LogP contribution in [0.15, 0.2) is 84.0 Å². The van der Waals surface area contributed by atoms with Crippen molar-refractivity contribution >= 4 is 45.4 Å². The number of ether oxygens (including phenoxy) is 4. The Bertz CT molecular complexity index is 3090. The second-order valence-corrected chi connectivity index (χ2v) is 30.2. The molecule has 2 aromatic carbocycles. The van der Waals surface area contributed by atoms with Crippen LogP contribution in [0.3, 0.4) is 0 Å². The van der Waals surface area contributed by atoms with Gasteiger partial charge in [-0.3, -0.25) is 29.2 Å². The van der Waals surface area contributed by atoms with E-state index in [2.05, 4.69) is 77.0 Å². The molecule has 2 bridgehead atoms. The summed E-state index contributed by atoms with van der Waals surface area (Å²) in [5.74, 6) is -0.673. The second-order valence-electron chi connectivity index (χ2n) is 30.2. The molecule has 10 fully saturated rings. The number of piperidine rings is 2. The standard InChI is InChI=1S/C38H54BN5O6.C28H40BN5O6.C4H11BO2/c1-36(2,44-16-14-42(15-17-44)29-24-47-25-29)21-27(22-40)34(45)43-13-9-12-30(23-43)48-35(46)41-33(18-26-10-7-6-8-11-26)39-49-32-20-28-19-31(37(28,3)4)38(32,5)50-39;1-28(2,34-13-11-32(12-14-34)23-19-39-20-23)16-22(17-30)26(35)33-10-6-9-24(18-33)40-27(36)31-25(29(37)38)15-21-7-4-3-5-8-21;1-4(2)3-5(6)7/h6-8,10-11,21,28-33H,9,12-20,23-25H2,1-5H3,(H,41,46);3-5,7-8,16,23-25,37-38H,6,9-15,18-20H2,1-2H3,(H,31,36);4,6-7H,3H2,1-2H3/t28-,30-,31-,32+,33-,38-;24-,25-;/m00./s1. The van der Waals surface area contributed by atoms with Crippen molar-refractivity contribution < 1.29 is 67.5 Å². The molecule has 528 valence electrons. The largest absolute Gasteiger partial charge is 0.482 e. The van der Waals surface area contributed by atoms with Crippen molar-refractivity contribution in [2.24, 2.45) is 23.2 Å². The predicted octanol–water partition coefficient (Wildman–Crippen LogP) is 4.51. The third-order valence-electron chi connectivity index (χ3n) is 21.7. The third-order valence-corrected chi connectivity index (χ3v) is 21.7. The van der Waals surface area contributed by atoms with Crippen LogP contribution in [0.5, 0.6) is 0 Å². The molecule has 4 amide bonds. The molecule has 3 aliphatic carbocycles. The first kappa shape index (κ1) is 75.3. The summed E-state index contributed by atoms with van der Waals surface area (Å²) in [6.07, 6.45) is 7.04. The predicted molar refractivity (Wildman–Crippen MR) is 368 cm³/mol. The van der Waals surface area contributed by atoms with Crippen LogP contribution in [-0.4, -0.2) is 259 Å². The summed E-state index contributed by atoms with van der Waals surface area (Å²) in [4.78, 5) is 65.9. The number of alkyl carbamates (subject to hydrolysis) is 2. The van der Waals surface area contributed by atoms with Crippen LogP contribution >= 0.6 is 0 Å². The van der Waals surface area contributed by atoms with Crippen molar-refractivity contribution in [3.8, 4) is 12.1 Å². The first-order chi connectivity index (χ1) is 46.2. The number of nitrogens with zero attached hydrogens (tertiary/aromatic N) is 8. The highest BCUT2D eigenvalue weighted by atomic mass is 16.7. The van der Waals surface area contributed by atoms with Gasteiger partial charge in [0, 0.05) is 76.5 Å². The van der Waals surface area contributed by atoms with Gasteiger partial charge in [0.05, 0.1) is 75.2 Å². The highest BCUT2D eigenvalue weighted by Gasteiger charge is 2.68. The number of amides is 4. The molecule has 7 aliphatic heterocycles. The second kappa shape index (κ2) is 33.5. The Morgan fingerprint density at radius 1 is 0.670 bits per heavy atom. The first-order valence-corrected chi connectivity index (χ1v) is 35.2. The lowest BCUT2D eigenvalue weighted by molar-refractivity contribution is -0.199. The number of nitrogens with one attached hydrogen (secondary N) is 2. The maximum atomic E-state index is 13.7. The van der Waals surface area contributed by atoms with Crippen molar-refractivity contribution in [2.45, 2.75) is 179 Å². The molecule has 7 heterocycles. The van der Waals surface area contributed by atoms with Crippen molar-refractivity contribution in [3.63, 3.8) is 0 Å². The van der Waals surface area contributed by atoms with Crippen LogP contribution in [0.25, 0.3) is 0 Å². The molecule has 0 unspecified atom stereocenters. The summed E-state index contributed by atoms with van der Waals surface area (Å²) in [6, 6.07) is 24.5. The summed E-state index contributed by atoms with van der Waals surface area (Å²) in [5.41, 5.74) is 0.993. The van der Waals surface area contributed by atoms with Gasteiger partial charge >= 0.3 is 33.5 Å². The molecule has 8 atom stereocenters. The van der Waals surface area contributed by atoms with Gasteiger partial charge in [-0.25, -0.2) is 9.59 Å². The molecule has 10 aliphatic rings. The molecular weight excluding hydrogens is 1240 g/mol. The fourth-order valence-corrected chi connectivity index (χ4v) is 15.5. The monoisotopic (exact) mass is 1340 g/mol. The van der Waals surface area contributed by atoms with Gasteiger partial charge in [-0.05, 0) is 139 Å². The van der Waals surface area contributed by atoms with Crippen LogP contribution in [0.1, 0.15) is 112 Å².